The van der Waals surface area contributed by atoms with E-state index in [1.807, 2.05) is 43.5 Å². The summed E-state index contributed by atoms with van der Waals surface area (Å²) < 4.78 is 0.751. The summed E-state index contributed by atoms with van der Waals surface area (Å²) in [5.74, 6) is 0. The van der Waals surface area contributed by atoms with Gasteiger partial charge in [-0.15, -0.1) is 23.1 Å². The zero-order valence-electron chi connectivity index (χ0n) is 9.61. The number of hydrogen-bond donors (Lipinski definition) is 1. The van der Waals surface area contributed by atoms with Gasteiger partial charge in [-0.2, -0.15) is 0 Å². The van der Waals surface area contributed by atoms with Gasteiger partial charge in [-0.3, -0.25) is 0 Å². The van der Waals surface area contributed by atoms with E-state index >= 15 is 0 Å². The van der Waals surface area contributed by atoms with E-state index in [2.05, 4.69) is 0 Å². The maximum atomic E-state index is 10.4. The lowest BCUT2D eigenvalue weighted by Gasteiger charge is -2.12. The molecule has 1 heterocycles. The molecule has 0 bridgehead atoms. The SMILES string of the molecule is CSc1ccccc1C(O)c1cc(C)c(Cl)s1. The van der Waals surface area contributed by atoms with Gasteiger partial charge in [-0.05, 0) is 36.4 Å². The summed E-state index contributed by atoms with van der Waals surface area (Å²) in [6, 6.07) is 9.86. The molecule has 0 saturated heterocycles. The normalized spacial score (nSPS) is 12.7. The van der Waals surface area contributed by atoms with Crippen LogP contribution in [0, 0.1) is 6.92 Å². The van der Waals surface area contributed by atoms with Crippen molar-refractivity contribution in [2.45, 2.75) is 17.9 Å². The Balaban J connectivity index is 2.39. The molecular weight excluding hydrogens is 272 g/mol. The van der Waals surface area contributed by atoms with Crippen LogP contribution < -0.4 is 0 Å². The second-order valence-corrected chi connectivity index (χ2v) is 6.28. The van der Waals surface area contributed by atoms with Gasteiger partial charge >= 0.3 is 0 Å². The first-order valence-corrected chi connectivity index (χ1v) is 7.62. The van der Waals surface area contributed by atoms with Crippen LogP contribution in [0.3, 0.4) is 0 Å². The van der Waals surface area contributed by atoms with E-state index in [-0.39, 0.29) is 0 Å². The van der Waals surface area contributed by atoms with Crippen molar-refractivity contribution in [3.8, 4) is 0 Å². The third-order valence-corrected chi connectivity index (χ3v) is 5.00. The van der Waals surface area contributed by atoms with Crippen molar-refractivity contribution in [3.63, 3.8) is 0 Å². The third kappa shape index (κ3) is 2.68. The van der Waals surface area contributed by atoms with Gasteiger partial charge in [-0.25, -0.2) is 0 Å². The van der Waals surface area contributed by atoms with Gasteiger partial charge in [0, 0.05) is 9.77 Å². The van der Waals surface area contributed by atoms with Crippen molar-refractivity contribution in [1.82, 2.24) is 0 Å². The summed E-state index contributed by atoms with van der Waals surface area (Å²) in [7, 11) is 0. The summed E-state index contributed by atoms with van der Waals surface area (Å²) in [4.78, 5) is 2.00. The fraction of sp³-hybridized carbons (Fsp3) is 0.231. The van der Waals surface area contributed by atoms with E-state index in [4.69, 9.17) is 11.6 Å². The van der Waals surface area contributed by atoms with Crippen molar-refractivity contribution in [3.05, 3.63) is 50.7 Å². The molecule has 90 valence electrons. The van der Waals surface area contributed by atoms with Crippen LogP contribution in [-0.2, 0) is 0 Å². The first-order chi connectivity index (χ1) is 8.13. The van der Waals surface area contributed by atoms with E-state index in [0.29, 0.717) is 0 Å². The van der Waals surface area contributed by atoms with Crippen LogP contribution in [-0.4, -0.2) is 11.4 Å². The first kappa shape index (κ1) is 13.0. The molecule has 0 amide bonds. The van der Waals surface area contributed by atoms with E-state index in [0.717, 1.165) is 25.2 Å². The molecule has 0 aliphatic heterocycles. The Kier molecular flexibility index (Phi) is 4.15. The highest BCUT2D eigenvalue weighted by Gasteiger charge is 2.17. The summed E-state index contributed by atoms with van der Waals surface area (Å²) in [5, 5.41) is 10.4. The highest BCUT2D eigenvalue weighted by molar-refractivity contribution is 7.98. The van der Waals surface area contributed by atoms with E-state index in [9.17, 15) is 5.11 Å². The van der Waals surface area contributed by atoms with Crippen molar-refractivity contribution < 1.29 is 5.11 Å². The fourth-order valence-corrected chi connectivity index (χ4v) is 3.52. The Morgan fingerprint density at radius 2 is 2.06 bits per heavy atom. The number of aliphatic hydroxyl groups is 1. The number of hydrogen-bond acceptors (Lipinski definition) is 3. The predicted octanol–water partition coefficient (Wildman–Crippen LogP) is 4.51. The zero-order valence-corrected chi connectivity index (χ0v) is 12.0. The molecule has 1 aromatic heterocycles. The maximum absolute atomic E-state index is 10.4. The minimum Gasteiger partial charge on any atom is -0.383 e. The number of aryl methyl sites for hydroxylation is 1. The number of aliphatic hydroxyl groups excluding tert-OH is 1. The second-order valence-electron chi connectivity index (χ2n) is 3.75. The van der Waals surface area contributed by atoms with Crippen LogP contribution >= 0.6 is 34.7 Å². The Hall–Kier alpha value is -0.480. The molecule has 1 atom stereocenters. The number of thioether (sulfide) groups is 1. The van der Waals surface area contributed by atoms with Gasteiger partial charge < -0.3 is 5.11 Å². The quantitative estimate of drug-likeness (QED) is 0.837. The second kappa shape index (κ2) is 5.44. The fourth-order valence-electron chi connectivity index (χ4n) is 1.66. The molecule has 0 aliphatic carbocycles. The smallest absolute Gasteiger partial charge is 0.114 e. The molecular formula is C13H13ClOS2. The molecule has 2 rings (SSSR count). The van der Waals surface area contributed by atoms with Gasteiger partial charge in [0.25, 0.3) is 0 Å². The zero-order chi connectivity index (χ0) is 12.4. The van der Waals surface area contributed by atoms with Crippen molar-refractivity contribution in [2.24, 2.45) is 0 Å². The standard InChI is InChI=1S/C13H13ClOS2/c1-8-7-11(17-13(8)14)12(15)9-5-3-4-6-10(9)16-2/h3-7,12,15H,1-2H3. The molecule has 0 spiro atoms. The van der Waals surface area contributed by atoms with Crippen LogP contribution in [0.4, 0.5) is 0 Å². The monoisotopic (exact) mass is 284 g/mol. The van der Waals surface area contributed by atoms with Gasteiger partial charge in [0.2, 0.25) is 0 Å². The number of halogens is 1. The maximum Gasteiger partial charge on any atom is 0.114 e. The molecule has 0 radical (unpaired) electrons. The highest BCUT2D eigenvalue weighted by Crippen LogP contribution is 2.36. The average Bonchev–Trinajstić information content (AvgIpc) is 2.68. The number of rotatable bonds is 3. The summed E-state index contributed by atoms with van der Waals surface area (Å²) in [5.41, 5.74) is 1.96. The van der Waals surface area contributed by atoms with E-state index in [1.54, 1.807) is 11.8 Å². The van der Waals surface area contributed by atoms with Crippen LogP contribution in [0.25, 0.3) is 0 Å². The molecule has 1 unspecified atom stereocenters. The van der Waals surface area contributed by atoms with Crippen molar-refractivity contribution in [1.29, 1.82) is 0 Å². The molecule has 2 aromatic rings. The molecule has 0 fully saturated rings. The summed E-state index contributed by atoms with van der Waals surface area (Å²) >= 11 is 9.12. The largest absolute Gasteiger partial charge is 0.383 e. The van der Waals surface area contributed by atoms with Gasteiger partial charge in [0.1, 0.15) is 6.10 Å². The van der Waals surface area contributed by atoms with Crippen LogP contribution in [0.2, 0.25) is 4.34 Å². The molecule has 0 saturated carbocycles. The topological polar surface area (TPSA) is 20.2 Å². The minimum absolute atomic E-state index is 0.588. The van der Waals surface area contributed by atoms with Gasteiger partial charge in [0.15, 0.2) is 0 Å². The van der Waals surface area contributed by atoms with E-state index in [1.165, 1.54) is 11.3 Å². The Bertz CT molecular complexity index is 502. The molecule has 1 aromatic carbocycles. The lowest BCUT2D eigenvalue weighted by Crippen LogP contribution is -1.98. The lowest BCUT2D eigenvalue weighted by molar-refractivity contribution is 0.221. The number of thiophene rings is 1. The molecule has 4 heteroatoms. The van der Waals surface area contributed by atoms with E-state index < -0.39 is 6.10 Å². The van der Waals surface area contributed by atoms with Crippen molar-refractivity contribution >= 4 is 34.7 Å². The molecule has 0 aliphatic rings. The molecule has 1 N–H and O–H groups in total. The highest BCUT2D eigenvalue weighted by atomic mass is 35.5. The lowest BCUT2D eigenvalue weighted by atomic mass is 10.1. The first-order valence-electron chi connectivity index (χ1n) is 5.20. The minimum atomic E-state index is -0.588. The van der Waals surface area contributed by atoms with Crippen LogP contribution in [0.15, 0.2) is 35.2 Å². The summed E-state index contributed by atoms with van der Waals surface area (Å²) in [6.45, 7) is 1.95. The molecule has 1 nitrogen and oxygen atoms in total. The number of benzene rings is 1. The Labute approximate surface area is 114 Å². The summed E-state index contributed by atoms with van der Waals surface area (Å²) in [6.07, 6.45) is 1.42. The predicted molar refractivity (Wildman–Crippen MR) is 76.4 cm³/mol. The van der Waals surface area contributed by atoms with Crippen LogP contribution in [0.1, 0.15) is 22.1 Å². The van der Waals surface area contributed by atoms with Gasteiger partial charge in [-0.1, -0.05) is 29.8 Å². The van der Waals surface area contributed by atoms with Gasteiger partial charge in [0.05, 0.1) is 4.34 Å². The van der Waals surface area contributed by atoms with Crippen molar-refractivity contribution in [2.75, 3.05) is 6.26 Å². The Morgan fingerprint density at radius 3 is 2.65 bits per heavy atom. The van der Waals surface area contributed by atoms with Crippen LogP contribution in [0.5, 0.6) is 0 Å². The molecule has 17 heavy (non-hydrogen) atoms. The third-order valence-electron chi connectivity index (χ3n) is 2.58. The Morgan fingerprint density at radius 1 is 1.35 bits per heavy atom. The average molecular weight is 285 g/mol.